The van der Waals surface area contributed by atoms with E-state index in [-0.39, 0.29) is 11.2 Å². The molecule has 0 saturated carbocycles. The van der Waals surface area contributed by atoms with Crippen molar-refractivity contribution in [2.24, 2.45) is 0 Å². The summed E-state index contributed by atoms with van der Waals surface area (Å²) < 4.78 is 10.9. The lowest BCUT2D eigenvalue weighted by Gasteiger charge is -2.13. The summed E-state index contributed by atoms with van der Waals surface area (Å²) in [5.74, 6) is 0.380. The number of carbonyl (C=O) groups excluding carboxylic acids is 1. The van der Waals surface area contributed by atoms with Crippen molar-refractivity contribution in [3.63, 3.8) is 0 Å². The van der Waals surface area contributed by atoms with Crippen molar-refractivity contribution in [1.82, 2.24) is 10.2 Å². The molecular formula is C15H19ClN4O3S2. The van der Waals surface area contributed by atoms with Crippen molar-refractivity contribution in [2.45, 2.75) is 16.5 Å². The van der Waals surface area contributed by atoms with Crippen LogP contribution < -0.4 is 15.4 Å². The molecule has 2 aromatic rings. The minimum absolute atomic E-state index is 0.172. The van der Waals surface area contributed by atoms with Crippen LogP contribution in [-0.4, -0.2) is 48.7 Å². The van der Waals surface area contributed by atoms with Gasteiger partial charge in [0.1, 0.15) is 5.75 Å². The summed E-state index contributed by atoms with van der Waals surface area (Å²) in [6, 6.07) is 5.06. The van der Waals surface area contributed by atoms with Gasteiger partial charge in [-0.25, -0.2) is 0 Å². The lowest BCUT2D eigenvalue weighted by molar-refractivity contribution is -0.115. The van der Waals surface area contributed by atoms with Gasteiger partial charge in [0, 0.05) is 18.7 Å². The molecule has 2 N–H and O–H groups in total. The van der Waals surface area contributed by atoms with E-state index >= 15 is 0 Å². The molecule has 0 unspecified atom stereocenters. The predicted molar refractivity (Wildman–Crippen MR) is 102 cm³/mol. The maximum atomic E-state index is 12.4. The van der Waals surface area contributed by atoms with Crippen molar-refractivity contribution >= 4 is 51.4 Å². The second-order valence-electron chi connectivity index (χ2n) is 4.89. The highest BCUT2D eigenvalue weighted by Gasteiger charge is 2.19. The predicted octanol–water partition coefficient (Wildman–Crippen LogP) is 3.38. The molecule has 2 rings (SSSR count). The number of hydrogen-bond acceptors (Lipinski definition) is 8. The van der Waals surface area contributed by atoms with Crippen LogP contribution in [0.25, 0.3) is 0 Å². The Balaban J connectivity index is 1.93. The minimum atomic E-state index is -0.358. The fraction of sp³-hybridized carbons (Fsp3) is 0.400. The van der Waals surface area contributed by atoms with E-state index < -0.39 is 0 Å². The van der Waals surface area contributed by atoms with E-state index in [1.807, 2.05) is 0 Å². The van der Waals surface area contributed by atoms with Gasteiger partial charge >= 0.3 is 0 Å². The Hall–Kier alpha value is -1.55. The van der Waals surface area contributed by atoms with Crippen LogP contribution in [0.2, 0.25) is 5.02 Å². The molecule has 7 nitrogen and oxygen atoms in total. The first-order chi connectivity index (χ1) is 12.0. The molecule has 0 bridgehead atoms. The van der Waals surface area contributed by atoms with Crippen LogP contribution in [0.1, 0.15) is 6.92 Å². The average Bonchev–Trinajstić information content (AvgIpc) is 3.02. The maximum Gasteiger partial charge on any atom is 0.237 e. The van der Waals surface area contributed by atoms with Gasteiger partial charge in [-0.05, 0) is 25.1 Å². The molecule has 0 aliphatic rings. The van der Waals surface area contributed by atoms with Crippen LogP contribution in [0.15, 0.2) is 22.5 Å². The molecule has 25 heavy (non-hydrogen) atoms. The van der Waals surface area contributed by atoms with E-state index in [1.165, 1.54) is 30.2 Å². The summed E-state index contributed by atoms with van der Waals surface area (Å²) >= 11 is 8.71. The SMILES string of the molecule is COCCNc1nnc(S[C@@H](C)C(=O)Nc2cc(Cl)ccc2OC)s1. The summed E-state index contributed by atoms with van der Waals surface area (Å²) in [4.78, 5) is 12.4. The van der Waals surface area contributed by atoms with Gasteiger partial charge in [-0.2, -0.15) is 0 Å². The number of carbonyl (C=O) groups is 1. The van der Waals surface area contributed by atoms with Gasteiger partial charge < -0.3 is 20.1 Å². The third kappa shape index (κ3) is 6.03. The van der Waals surface area contributed by atoms with E-state index in [2.05, 4.69) is 20.8 Å². The zero-order valence-electron chi connectivity index (χ0n) is 14.0. The maximum absolute atomic E-state index is 12.4. The number of ether oxygens (including phenoxy) is 2. The average molecular weight is 403 g/mol. The zero-order chi connectivity index (χ0) is 18.2. The number of thioether (sulfide) groups is 1. The number of nitrogens with one attached hydrogen (secondary N) is 2. The number of aromatic nitrogens is 2. The first-order valence-electron chi connectivity index (χ1n) is 7.41. The van der Waals surface area contributed by atoms with E-state index in [1.54, 1.807) is 32.2 Å². The fourth-order valence-corrected chi connectivity index (χ4v) is 3.90. The number of nitrogens with zero attached hydrogens (tertiary/aromatic N) is 2. The smallest absolute Gasteiger partial charge is 0.237 e. The van der Waals surface area contributed by atoms with Crippen molar-refractivity contribution < 1.29 is 14.3 Å². The molecule has 0 spiro atoms. The summed E-state index contributed by atoms with van der Waals surface area (Å²) in [6.07, 6.45) is 0. The van der Waals surface area contributed by atoms with Crippen molar-refractivity contribution in [3.8, 4) is 5.75 Å². The summed E-state index contributed by atoms with van der Waals surface area (Å²) in [5.41, 5.74) is 0.534. The molecule has 1 amide bonds. The topological polar surface area (TPSA) is 85.4 Å². The van der Waals surface area contributed by atoms with Gasteiger partial charge in [0.15, 0.2) is 4.34 Å². The first-order valence-corrected chi connectivity index (χ1v) is 9.48. The Labute approximate surface area is 159 Å². The Kier molecular flexibility index (Phi) is 7.76. The molecule has 1 atom stereocenters. The van der Waals surface area contributed by atoms with Gasteiger partial charge in [-0.15, -0.1) is 10.2 Å². The number of rotatable bonds is 9. The van der Waals surface area contributed by atoms with Gasteiger partial charge in [0.05, 0.1) is 24.7 Å². The summed E-state index contributed by atoms with van der Waals surface area (Å²) in [7, 11) is 3.18. The second kappa shape index (κ2) is 9.81. The quantitative estimate of drug-likeness (QED) is 0.491. The lowest BCUT2D eigenvalue weighted by atomic mass is 10.3. The highest BCUT2D eigenvalue weighted by atomic mass is 35.5. The van der Waals surface area contributed by atoms with E-state index in [0.717, 1.165) is 0 Å². The van der Waals surface area contributed by atoms with E-state index in [0.29, 0.717) is 39.1 Å². The molecule has 0 radical (unpaired) electrons. The number of benzene rings is 1. The normalized spacial score (nSPS) is 11.8. The third-order valence-electron chi connectivity index (χ3n) is 3.06. The van der Waals surface area contributed by atoms with Crippen LogP contribution in [0.4, 0.5) is 10.8 Å². The van der Waals surface area contributed by atoms with Crippen molar-refractivity contribution in [3.05, 3.63) is 23.2 Å². The molecule has 0 aliphatic carbocycles. The Morgan fingerprint density at radius 2 is 2.20 bits per heavy atom. The standard InChI is InChI=1S/C15H19ClN4O3S2/c1-9(24-15-20-19-14(25-15)17-6-7-22-2)13(21)18-11-8-10(16)4-5-12(11)23-3/h4-5,8-9H,6-7H2,1-3H3,(H,17,19)(H,18,21)/t9-/m0/s1. The van der Waals surface area contributed by atoms with Gasteiger partial charge in [0.2, 0.25) is 11.0 Å². The van der Waals surface area contributed by atoms with Gasteiger partial charge in [-0.1, -0.05) is 34.7 Å². The number of methoxy groups -OCH3 is 2. The second-order valence-corrected chi connectivity index (χ2v) is 7.89. The number of anilines is 2. The van der Waals surface area contributed by atoms with Crippen LogP contribution >= 0.6 is 34.7 Å². The molecule has 136 valence electrons. The molecule has 1 aromatic heterocycles. The molecule has 0 aliphatic heterocycles. The summed E-state index contributed by atoms with van der Waals surface area (Å²) in [5, 5.41) is 14.9. The fourth-order valence-electron chi connectivity index (χ4n) is 1.81. The van der Waals surface area contributed by atoms with Crippen LogP contribution in [0.5, 0.6) is 5.75 Å². The Bertz CT molecular complexity index is 714. The van der Waals surface area contributed by atoms with Crippen LogP contribution in [0.3, 0.4) is 0 Å². The molecule has 10 heteroatoms. The Morgan fingerprint density at radius 1 is 1.40 bits per heavy atom. The number of halogens is 1. The number of hydrogen-bond donors (Lipinski definition) is 2. The molecule has 1 heterocycles. The largest absolute Gasteiger partial charge is 0.495 e. The Morgan fingerprint density at radius 3 is 2.92 bits per heavy atom. The van der Waals surface area contributed by atoms with Crippen LogP contribution in [0, 0.1) is 0 Å². The zero-order valence-corrected chi connectivity index (χ0v) is 16.4. The highest BCUT2D eigenvalue weighted by molar-refractivity contribution is 8.02. The van der Waals surface area contributed by atoms with E-state index in [9.17, 15) is 4.79 Å². The first kappa shape index (κ1) is 19.8. The number of amides is 1. The third-order valence-corrected chi connectivity index (χ3v) is 5.36. The lowest BCUT2D eigenvalue weighted by Crippen LogP contribution is -2.22. The van der Waals surface area contributed by atoms with Gasteiger partial charge in [-0.3, -0.25) is 4.79 Å². The molecule has 0 fully saturated rings. The molecular weight excluding hydrogens is 384 g/mol. The highest BCUT2D eigenvalue weighted by Crippen LogP contribution is 2.31. The van der Waals surface area contributed by atoms with Crippen molar-refractivity contribution in [1.29, 1.82) is 0 Å². The molecule has 0 saturated heterocycles. The van der Waals surface area contributed by atoms with E-state index in [4.69, 9.17) is 21.1 Å². The molecule has 1 aromatic carbocycles. The van der Waals surface area contributed by atoms with Crippen molar-refractivity contribution in [2.75, 3.05) is 38.0 Å². The van der Waals surface area contributed by atoms with Crippen LogP contribution in [-0.2, 0) is 9.53 Å². The summed E-state index contributed by atoms with van der Waals surface area (Å²) in [6.45, 7) is 3.04. The van der Waals surface area contributed by atoms with Gasteiger partial charge in [0.25, 0.3) is 0 Å². The monoisotopic (exact) mass is 402 g/mol. The minimum Gasteiger partial charge on any atom is -0.495 e.